The molecule has 0 amide bonds. The lowest BCUT2D eigenvalue weighted by Gasteiger charge is -2.40. The Kier molecular flexibility index (Phi) is 4.46. The molecule has 0 aromatic rings. The first-order chi connectivity index (χ1) is 7.94. The zero-order valence-corrected chi connectivity index (χ0v) is 12.8. The number of rotatable bonds is 2. The molecular weight excluding hydrogens is 226 g/mol. The highest BCUT2D eigenvalue weighted by atomic mass is 32.2. The van der Waals surface area contributed by atoms with Crippen LogP contribution in [0.1, 0.15) is 53.4 Å². The maximum atomic E-state index is 3.95. The van der Waals surface area contributed by atoms with E-state index in [1.807, 2.05) is 0 Å². The Morgan fingerprint density at radius 1 is 1.00 bits per heavy atom. The Labute approximate surface area is 112 Å². The highest BCUT2D eigenvalue weighted by Crippen LogP contribution is 2.35. The summed E-state index contributed by atoms with van der Waals surface area (Å²) in [5.74, 6) is 4.49. The third-order valence-electron chi connectivity index (χ3n) is 4.26. The second-order valence-corrected chi connectivity index (χ2v) is 8.39. The van der Waals surface area contributed by atoms with E-state index < -0.39 is 0 Å². The van der Waals surface area contributed by atoms with Crippen molar-refractivity contribution in [2.45, 2.75) is 65.5 Å². The molecule has 0 bridgehead atoms. The molecule has 2 fully saturated rings. The van der Waals surface area contributed by atoms with Crippen LogP contribution in [0.3, 0.4) is 0 Å². The van der Waals surface area contributed by atoms with Crippen molar-refractivity contribution in [3.8, 4) is 0 Å². The van der Waals surface area contributed by atoms with Gasteiger partial charge in [0.15, 0.2) is 0 Å². The monoisotopic (exact) mass is 255 g/mol. The van der Waals surface area contributed by atoms with E-state index in [-0.39, 0.29) is 0 Å². The summed E-state index contributed by atoms with van der Waals surface area (Å²) in [5.41, 5.74) is 0.534. The van der Waals surface area contributed by atoms with Crippen LogP contribution in [0.15, 0.2) is 0 Å². The van der Waals surface area contributed by atoms with Crippen molar-refractivity contribution in [3.63, 3.8) is 0 Å². The van der Waals surface area contributed by atoms with Gasteiger partial charge in [-0.2, -0.15) is 11.8 Å². The summed E-state index contributed by atoms with van der Waals surface area (Å²) in [7, 11) is 0. The predicted molar refractivity (Wildman–Crippen MR) is 78.6 cm³/mol. The summed E-state index contributed by atoms with van der Waals surface area (Å²) < 4.78 is 0. The van der Waals surface area contributed by atoms with Gasteiger partial charge in [0.2, 0.25) is 0 Å². The Morgan fingerprint density at radius 2 is 1.65 bits per heavy atom. The van der Waals surface area contributed by atoms with Crippen LogP contribution in [0.2, 0.25) is 0 Å². The average molecular weight is 255 g/mol. The normalized spacial score (nSPS) is 42.4. The van der Waals surface area contributed by atoms with Crippen LogP contribution in [0, 0.1) is 17.3 Å². The largest absolute Gasteiger partial charge is 0.310 e. The summed E-state index contributed by atoms with van der Waals surface area (Å²) in [6, 6.07) is 1.54. The first kappa shape index (κ1) is 13.7. The first-order valence-electron chi connectivity index (χ1n) is 7.28. The van der Waals surface area contributed by atoms with Gasteiger partial charge in [0.1, 0.15) is 0 Å². The second-order valence-electron chi connectivity index (χ2n) is 7.36. The maximum Gasteiger partial charge on any atom is 0.0166 e. The van der Waals surface area contributed by atoms with Crippen molar-refractivity contribution in [1.29, 1.82) is 0 Å². The molecule has 0 spiro atoms. The van der Waals surface area contributed by atoms with Gasteiger partial charge in [-0.1, -0.05) is 27.7 Å². The van der Waals surface area contributed by atoms with Crippen molar-refractivity contribution >= 4 is 11.8 Å². The first-order valence-corrected chi connectivity index (χ1v) is 8.44. The maximum absolute atomic E-state index is 3.95. The third kappa shape index (κ3) is 4.17. The predicted octanol–water partition coefficient (Wildman–Crippen LogP) is 3.93. The number of nitrogens with one attached hydrogen (secondary N) is 1. The van der Waals surface area contributed by atoms with Gasteiger partial charge in [-0.3, -0.25) is 0 Å². The highest BCUT2D eigenvalue weighted by molar-refractivity contribution is 7.99. The summed E-state index contributed by atoms with van der Waals surface area (Å²) >= 11 is 2.14. The molecule has 2 rings (SSSR count). The minimum absolute atomic E-state index is 0.534. The number of thioether (sulfide) groups is 1. The zero-order chi connectivity index (χ0) is 12.5. The molecule has 100 valence electrons. The van der Waals surface area contributed by atoms with E-state index in [2.05, 4.69) is 44.8 Å². The Hall–Kier alpha value is 0.310. The molecular formula is C15H29NS. The molecule has 0 aromatic carbocycles. The molecule has 1 saturated heterocycles. The molecule has 1 nitrogen and oxygen atoms in total. The average Bonchev–Trinajstić information content (AvgIpc) is 2.13. The van der Waals surface area contributed by atoms with Gasteiger partial charge in [-0.05, 0) is 48.7 Å². The molecule has 2 aliphatic rings. The molecule has 0 radical (unpaired) electrons. The summed E-state index contributed by atoms with van der Waals surface area (Å²) in [5, 5.41) is 3.95. The summed E-state index contributed by atoms with van der Waals surface area (Å²) in [4.78, 5) is 0. The van der Waals surface area contributed by atoms with E-state index in [0.29, 0.717) is 5.41 Å². The fraction of sp³-hybridized carbons (Fsp3) is 1.00. The minimum Gasteiger partial charge on any atom is -0.310 e. The molecule has 1 aliphatic carbocycles. The Balaban J connectivity index is 1.83. The molecule has 2 heteroatoms. The summed E-state index contributed by atoms with van der Waals surface area (Å²) in [6.07, 6.45) is 5.58. The van der Waals surface area contributed by atoms with Crippen LogP contribution >= 0.6 is 11.8 Å². The highest BCUT2D eigenvalue weighted by Gasteiger charge is 2.31. The third-order valence-corrected chi connectivity index (χ3v) is 5.88. The van der Waals surface area contributed by atoms with Gasteiger partial charge in [0, 0.05) is 17.8 Å². The van der Waals surface area contributed by atoms with E-state index >= 15 is 0 Å². The SMILES string of the molecule is CC1CC(C)CC(NC2CSCC(C)(C)C2)C1. The van der Waals surface area contributed by atoms with Crippen LogP contribution in [-0.2, 0) is 0 Å². The lowest BCUT2D eigenvalue weighted by atomic mass is 9.79. The van der Waals surface area contributed by atoms with Gasteiger partial charge in [0.25, 0.3) is 0 Å². The smallest absolute Gasteiger partial charge is 0.0166 e. The van der Waals surface area contributed by atoms with E-state index in [0.717, 1.165) is 23.9 Å². The molecule has 1 saturated carbocycles. The van der Waals surface area contributed by atoms with Crippen molar-refractivity contribution in [1.82, 2.24) is 5.32 Å². The van der Waals surface area contributed by atoms with E-state index in [4.69, 9.17) is 0 Å². The Bertz CT molecular complexity index is 241. The molecule has 3 atom stereocenters. The summed E-state index contributed by atoms with van der Waals surface area (Å²) in [6.45, 7) is 9.67. The van der Waals surface area contributed by atoms with Crippen LogP contribution in [0.5, 0.6) is 0 Å². The molecule has 17 heavy (non-hydrogen) atoms. The lowest BCUT2D eigenvalue weighted by molar-refractivity contribution is 0.210. The fourth-order valence-corrected chi connectivity index (χ4v) is 5.07. The van der Waals surface area contributed by atoms with Gasteiger partial charge < -0.3 is 5.32 Å². The fourth-order valence-electron chi connectivity index (χ4n) is 3.79. The molecule has 0 aromatic heterocycles. The topological polar surface area (TPSA) is 12.0 Å². The van der Waals surface area contributed by atoms with Gasteiger partial charge >= 0.3 is 0 Å². The zero-order valence-electron chi connectivity index (χ0n) is 12.0. The standard InChI is InChI=1S/C15H29NS/c1-11-5-12(2)7-13(6-11)16-14-8-15(3,4)10-17-9-14/h11-14,16H,5-10H2,1-4H3. The second kappa shape index (κ2) is 5.52. The van der Waals surface area contributed by atoms with Crippen molar-refractivity contribution in [2.24, 2.45) is 17.3 Å². The van der Waals surface area contributed by atoms with Crippen LogP contribution in [0.25, 0.3) is 0 Å². The lowest BCUT2D eigenvalue weighted by Crippen LogP contribution is -2.47. The Morgan fingerprint density at radius 3 is 2.24 bits per heavy atom. The van der Waals surface area contributed by atoms with E-state index in [1.165, 1.54) is 37.2 Å². The molecule has 1 N–H and O–H groups in total. The molecule has 1 heterocycles. The quantitative estimate of drug-likeness (QED) is 0.802. The van der Waals surface area contributed by atoms with Gasteiger partial charge in [-0.25, -0.2) is 0 Å². The van der Waals surface area contributed by atoms with Crippen LogP contribution < -0.4 is 5.32 Å². The molecule has 1 aliphatic heterocycles. The van der Waals surface area contributed by atoms with Crippen LogP contribution in [0.4, 0.5) is 0 Å². The van der Waals surface area contributed by atoms with Crippen molar-refractivity contribution in [3.05, 3.63) is 0 Å². The number of hydrogen-bond donors (Lipinski definition) is 1. The number of hydrogen-bond acceptors (Lipinski definition) is 2. The van der Waals surface area contributed by atoms with Gasteiger partial charge in [-0.15, -0.1) is 0 Å². The van der Waals surface area contributed by atoms with E-state index in [9.17, 15) is 0 Å². The van der Waals surface area contributed by atoms with Crippen molar-refractivity contribution in [2.75, 3.05) is 11.5 Å². The molecule has 3 unspecified atom stereocenters. The van der Waals surface area contributed by atoms with E-state index in [1.54, 1.807) is 0 Å². The van der Waals surface area contributed by atoms with Crippen molar-refractivity contribution < 1.29 is 0 Å². The van der Waals surface area contributed by atoms with Crippen LogP contribution in [-0.4, -0.2) is 23.6 Å². The van der Waals surface area contributed by atoms with Gasteiger partial charge in [0.05, 0.1) is 0 Å². The minimum atomic E-state index is 0.534.